The Labute approximate surface area is 134 Å². The summed E-state index contributed by atoms with van der Waals surface area (Å²) < 4.78 is 10.6. The quantitative estimate of drug-likeness (QED) is 0.471. The lowest BCUT2D eigenvalue weighted by atomic mass is 10.0. The number of esters is 1. The Kier molecular flexibility index (Phi) is 9.24. The lowest BCUT2D eigenvalue weighted by Gasteiger charge is -2.12. The summed E-state index contributed by atoms with van der Waals surface area (Å²) in [7, 11) is 0. The maximum Gasteiger partial charge on any atom is 0.330 e. The summed E-state index contributed by atoms with van der Waals surface area (Å²) in [5, 5.41) is 0. The van der Waals surface area contributed by atoms with Crippen LogP contribution in [0.4, 0.5) is 0 Å². The number of carbonyl (C=O) groups is 1. The molecule has 0 spiro atoms. The third-order valence-electron chi connectivity index (χ3n) is 3.43. The van der Waals surface area contributed by atoms with E-state index in [2.05, 4.69) is 19.1 Å². The third kappa shape index (κ3) is 8.63. The predicted molar refractivity (Wildman–Crippen MR) is 89.5 cm³/mol. The molecule has 1 aromatic rings. The van der Waals surface area contributed by atoms with Crippen LogP contribution < -0.4 is 0 Å². The molecule has 0 fully saturated rings. The lowest BCUT2D eigenvalue weighted by molar-refractivity contribution is -0.137. The van der Waals surface area contributed by atoms with Crippen molar-refractivity contribution in [3.8, 4) is 0 Å². The molecule has 1 atom stereocenters. The molecule has 22 heavy (non-hydrogen) atoms. The Balaban J connectivity index is 2.12. The SMILES string of the molecule is CCOC(=O)C=C(C)CCCC(C)COCc1ccccc1. The molecule has 0 amide bonds. The highest BCUT2D eigenvalue weighted by Crippen LogP contribution is 2.13. The molecule has 0 aliphatic carbocycles. The van der Waals surface area contributed by atoms with Crippen LogP contribution in [0.2, 0.25) is 0 Å². The van der Waals surface area contributed by atoms with Crippen molar-refractivity contribution >= 4 is 5.97 Å². The third-order valence-corrected chi connectivity index (χ3v) is 3.43. The number of hydrogen-bond acceptors (Lipinski definition) is 3. The molecule has 3 nitrogen and oxygen atoms in total. The highest BCUT2D eigenvalue weighted by Gasteiger charge is 2.04. The van der Waals surface area contributed by atoms with Gasteiger partial charge in [0.1, 0.15) is 0 Å². The van der Waals surface area contributed by atoms with Gasteiger partial charge in [0.15, 0.2) is 0 Å². The number of ether oxygens (including phenoxy) is 2. The summed E-state index contributed by atoms with van der Waals surface area (Å²) in [6.45, 7) is 7.88. The summed E-state index contributed by atoms with van der Waals surface area (Å²) in [4.78, 5) is 11.3. The topological polar surface area (TPSA) is 35.5 Å². The van der Waals surface area contributed by atoms with Crippen molar-refractivity contribution in [2.75, 3.05) is 13.2 Å². The summed E-state index contributed by atoms with van der Waals surface area (Å²) in [6, 6.07) is 10.2. The average Bonchev–Trinajstić information content (AvgIpc) is 2.48. The second-order valence-corrected chi connectivity index (χ2v) is 5.74. The highest BCUT2D eigenvalue weighted by atomic mass is 16.5. The van der Waals surface area contributed by atoms with Gasteiger partial charge >= 0.3 is 5.97 Å². The Morgan fingerprint density at radius 3 is 2.68 bits per heavy atom. The monoisotopic (exact) mass is 304 g/mol. The Morgan fingerprint density at radius 2 is 2.00 bits per heavy atom. The van der Waals surface area contributed by atoms with E-state index >= 15 is 0 Å². The van der Waals surface area contributed by atoms with Crippen molar-refractivity contribution in [2.45, 2.75) is 46.6 Å². The summed E-state index contributed by atoms with van der Waals surface area (Å²) in [5.41, 5.74) is 2.29. The highest BCUT2D eigenvalue weighted by molar-refractivity contribution is 5.82. The molecule has 0 aliphatic heterocycles. The summed E-state index contributed by atoms with van der Waals surface area (Å²) in [5.74, 6) is 0.290. The van der Waals surface area contributed by atoms with Gasteiger partial charge in [0.05, 0.1) is 13.2 Å². The fourth-order valence-corrected chi connectivity index (χ4v) is 2.22. The van der Waals surface area contributed by atoms with E-state index in [1.54, 1.807) is 6.08 Å². The van der Waals surface area contributed by atoms with E-state index in [0.29, 0.717) is 19.1 Å². The molecule has 3 heteroatoms. The zero-order valence-electron chi connectivity index (χ0n) is 14.0. The van der Waals surface area contributed by atoms with Gasteiger partial charge < -0.3 is 9.47 Å². The van der Waals surface area contributed by atoms with Gasteiger partial charge in [-0.3, -0.25) is 0 Å². The molecular weight excluding hydrogens is 276 g/mol. The number of hydrogen-bond donors (Lipinski definition) is 0. The van der Waals surface area contributed by atoms with Crippen LogP contribution in [0.3, 0.4) is 0 Å². The van der Waals surface area contributed by atoms with Gasteiger partial charge in [0.25, 0.3) is 0 Å². The molecule has 0 N–H and O–H groups in total. The van der Waals surface area contributed by atoms with Crippen LogP contribution in [0, 0.1) is 5.92 Å². The average molecular weight is 304 g/mol. The van der Waals surface area contributed by atoms with Crippen LogP contribution in [0.25, 0.3) is 0 Å². The van der Waals surface area contributed by atoms with Gasteiger partial charge in [0.2, 0.25) is 0 Å². The van der Waals surface area contributed by atoms with E-state index in [9.17, 15) is 4.79 Å². The Hall–Kier alpha value is -1.61. The minimum atomic E-state index is -0.237. The standard InChI is InChI=1S/C19H28O3/c1-4-22-19(20)13-16(2)9-8-10-17(3)14-21-15-18-11-6-5-7-12-18/h5-7,11-13,17H,4,8-10,14-15H2,1-3H3. The van der Waals surface area contributed by atoms with E-state index in [4.69, 9.17) is 9.47 Å². The normalized spacial score (nSPS) is 13.0. The molecule has 0 aliphatic rings. The Morgan fingerprint density at radius 1 is 1.27 bits per heavy atom. The van der Waals surface area contributed by atoms with Gasteiger partial charge in [-0.15, -0.1) is 0 Å². The predicted octanol–water partition coefficient (Wildman–Crippen LogP) is 4.52. The molecule has 0 heterocycles. The van der Waals surface area contributed by atoms with Crippen LogP contribution in [0.15, 0.2) is 42.0 Å². The maximum atomic E-state index is 11.3. The first kappa shape index (κ1) is 18.4. The maximum absolute atomic E-state index is 11.3. The molecule has 0 saturated carbocycles. The van der Waals surface area contributed by atoms with Gasteiger partial charge in [-0.1, -0.05) is 42.8 Å². The largest absolute Gasteiger partial charge is 0.463 e. The van der Waals surface area contributed by atoms with Gasteiger partial charge in [-0.2, -0.15) is 0 Å². The van der Waals surface area contributed by atoms with Crippen molar-refractivity contribution < 1.29 is 14.3 Å². The first-order valence-electron chi connectivity index (χ1n) is 8.07. The van der Waals surface area contributed by atoms with Crippen LogP contribution in [0.5, 0.6) is 0 Å². The van der Waals surface area contributed by atoms with E-state index < -0.39 is 0 Å². The minimum Gasteiger partial charge on any atom is -0.463 e. The van der Waals surface area contributed by atoms with Crippen molar-refractivity contribution in [3.63, 3.8) is 0 Å². The smallest absolute Gasteiger partial charge is 0.330 e. The number of allylic oxidation sites excluding steroid dienone is 1. The molecule has 0 radical (unpaired) electrons. The number of carbonyl (C=O) groups excluding carboxylic acids is 1. The van der Waals surface area contributed by atoms with Crippen LogP contribution in [-0.2, 0) is 20.9 Å². The van der Waals surface area contributed by atoms with Crippen LogP contribution >= 0.6 is 0 Å². The zero-order valence-corrected chi connectivity index (χ0v) is 14.0. The fourth-order valence-electron chi connectivity index (χ4n) is 2.22. The van der Waals surface area contributed by atoms with Gasteiger partial charge in [0, 0.05) is 12.7 Å². The second-order valence-electron chi connectivity index (χ2n) is 5.74. The number of rotatable bonds is 10. The Bertz CT molecular complexity index is 451. The summed E-state index contributed by atoms with van der Waals surface area (Å²) in [6.07, 6.45) is 4.70. The first-order valence-corrected chi connectivity index (χ1v) is 8.07. The number of benzene rings is 1. The van der Waals surface area contributed by atoms with E-state index in [1.165, 1.54) is 5.56 Å². The second kappa shape index (κ2) is 11.0. The summed E-state index contributed by atoms with van der Waals surface area (Å²) >= 11 is 0. The van der Waals surface area contributed by atoms with Crippen molar-refractivity contribution in [3.05, 3.63) is 47.5 Å². The molecule has 122 valence electrons. The fraction of sp³-hybridized carbons (Fsp3) is 0.526. The molecule has 0 saturated heterocycles. The van der Waals surface area contributed by atoms with Gasteiger partial charge in [-0.05, 0) is 44.6 Å². The van der Waals surface area contributed by atoms with E-state index in [1.807, 2.05) is 32.0 Å². The minimum absolute atomic E-state index is 0.237. The van der Waals surface area contributed by atoms with Crippen molar-refractivity contribution in [1.82, 2.24) is 0 Å². The van der Waals surface area contributed by atoms with E-state index in [-0.39, 0.29) is 5.97 Å². The molecule has 1 rings (SSSR count). The molecule has 0 bridgehead atoms. The first-order chi connectivity index (χ1) is 10.6. The molecule has 0 aromatic heterocycles. The van der Waals surface area contributed by atoms with Crippen LogP contribution in [-0.4, -0.2) is 19.2 Å². The van der Waals surface area contributed by atoms with Crippen molar-refractivity contribution in [2.24, 2.45) is 5.92 Å². The van der Waals surface area contributed by atoms with Crippen LogP contribution in [0.1, 0.15) is 45.6 Å². The molecule has 1 aromatic carbocycles. The molecule has 1 unspecified atom stereocenters. The zero-order chi connectivity index (χ0) is 16.2. The lowest BCUT2D eigenvalue weighted by Crippen LogP contribution is -2.06. The van der Waals surface area contributed by atoms with Gasteiger partial charge in [-0.25, -0.2) is 4.79 Å². The molecular formula is C19H28O3. The van der Waals surface area contributed by atoms with E-state index in [0.717, 1.165) is 31.4 Å². The van der Waals surface area contributed by atoms with Crippen molar-refractivity contribution in [1.29, 1.82) is 0 Å².